The van der Waals surface area contributed by atoms with Gasteiger partial charge in [0, 0.05) is 43.7 Å². The molecule has 4 rings (SSSR count). The molecule has 0 N–H and O–H groups in total. The highest BCUT2D eigenvalue weighted by Crippen LogP contribution is 2.39. The molecule has 0 atom stereocenters. The maximum absolute atomic E-state index is 4.22. The summed E-state index contributed by atoms with van der Waals surface area (Å²) in [5, 5.41) is 2.59. The van der Waals surface area contributed by atoms with E-state index in [1.54, 1.807) is 0 Å². The lowest BCUT2D eigenvalue weighted by atomic mass is 10.0. The van der Waals surface area contributed by atoms with Crippen molar-refractivity contribution in [3.05, 3.63) is 67.0 Å². The first-order chi connectivity index (χ1) is 9.43. The van der Waals surface area contributed by atoms with Crippen molar-refractivity contribution >= 4 is 31.5 Å². The number of nitrogens with zero attached hydrogens (tertiary/aromatic N) is 1. The van der Waals surface area contributed by atoms with Gasteiger partial charge in [0.2, 0.25) is 0 Å². The SMILES string of the molecule is [c]1ccc2sc3c(-c4cccnc4)cccc3c2c1. The Labute approximate surface area is 115 Å². The minimum atomic E-state index is 1.17. The Bertz CT molecular complexity index is 862. The molecule has 2 aromatic heterocycles. The molecule has 1 radical (unpaired) electrons. The third-order valence-electron chi connectivity index (χ3n) is 3.31. The summed E-state index contributed by atoms with van der Waals surface area (Å²) >= 11 is 1.84. The van der Waals surface area contributed by atoms with Gasteiger partial charge >= 0.3 is 0 Å². The van der Waals surface area contributed by atoms with E-state index in [4.69, 9.17) is 0 Å². The predicted octanol–water partition coefficient (Wildman–Crippen LogP) is 4.92. The summed E-state index contributed by atoms with van der Waals surface area (Å²) in [5.41, 5.74) is 2.43. The van der Waals surface area contributed by atoms with Crippen molar-refractivity contribution in [3.8, 4) is 11.1 Å². The Hall–Kier alpha value is -2.19. The van der Waals surface area contributed by atoms with E-state index in [0.29, 0.717) is 0 Å². The molecule has 0 aliphatic heterocycles. The fourth-order valence-electron chi connectivity index (χ4n) is 2.43. The molecule has 0 unspecified atom stereocenters. The maximum atomic E-state index is 4.22. The topological polar surface area (TPSA) is 12.9 Å². The smallest absolute Gasteiger partial charge is 0.0434 e. The first kappa shape index (κ1) is 10.7. The molecule has 0 aliphatic rings. The van der Waals surface area contributed by atoms with Crippen molar-refractivity contribution in [2.75, 3.05) is 0 Å². The quantitative estimate of drug-likeness (QED) is 0.473. The van der Waals surface area contributed by atoms with Gasteiger partial charge in [-0.25, -0.2) is 0 Å². The molecule has 4 aromatic rings. The van der Waals surface area contributed by atoms with E-state index < -0.39 is 0 Å². The summed E-state index contributed by atoms with van der Waals surface area (Å²) in [7, 11) is 0. The predicted molar refractivity (Wildman–Crippen MR) is 81.4 cm³/mol. The third kappa shape index (κ3) is 1.65. The van der Waals surface area contributed by atoms with Crippen LogP contribution >= 0.6 is 11.3 Å². The summed E-state index contributed by atoms with van der Waals surface area (Å²) in [5.74, 6) is 0. The normalized spacial score (nSPS) is 11.2. The van der Waals surface area contributed by atoms with Crippen LogP contribution in [0.25, 0.3) is 31.3 Å². The Balaban J connectivity index is 2.13. The van der Waals surface area contributed by atoms with E-state index >= 15 is 0 Å². The number of pyridine rings is 1. The lowest BCUT2D eigenvalue weighted by molar-refractivity contribution is 1.33. The molecule has 0 amide bonds. The Kier molecular flexibility index (Phi) is 2.35. The number of hydrogen-bond donors (Lipinski definition) is 0. The molecule has 2 heteroatoms. The molecule has 0 saturated carbocycles. The second-order valence-electron chi connectivity index (χ2n) is 4.45. The van der Waals surface area contributed by atoms with Crippen molar-refractivity contribution in [2.24, 2.45) is 0 Å². The molecule has 0 bridgehead atoms. The number of rotatable bonds is 1. The van der Waals surface area contributed by atoms with Crippen molar-refractivity contribution in [3.63, 3.8) is 0 Å². The summed E-state index contributed by atoms with van der Waals surface area (Å²) in [4.78, 5) is 4.22. The van der Waals surface area contributed by atoms with Gasteiger partial charge in [-0.05, 0) is 24.3 Å². The van der Waals surface area contributed by atoms with Crippen LogP contribution in [-0.2, 0) is 0 Å². The average Bonchev–Trinajstić information content (AvgIpc) is 2.87. The second kappa shape index (κ2) is 4.18. The first-order valence-corrected chi connectivity index (χ1v) is 6.97. The van der Waals surface area contributed by atoms with Gasteiger partial charge < -0.3 is 0 Å². The van der Waals surface area contributed by atoms with Crippen LogP contribution in [0.2, 0.25) is 0 Å². The van der Waals surface area contributed by atoms with E-state index in [1.165, 1.54) is 31.3 Å². The number of aromatic nitrogens is 1. The number of hydrogen-bond acceptors (Lipinski definition) is 2. The van der Waals surface area contributed by atoms with E-state index in [0.717, 1.165) is 0 Å². The molecule has 0 spiro atoms. The van der Waals surface area contributed by atoms with Gasteiger partial charge in [-0.15, -0.1) is 11.3 Å². The van der Waals surface area contributed by atoms with Crippen LogP contribution in [0.15, 0.2) is 60.9 Å². The minimum absolute atomic E-state index is 1.17. The molecular weight excluding hydrogens is 250 g/mol. The van der Waals surface area contributed by atoms with Gasteiger partial charge in [0.15, 0.2) is 0 Å². The maximum Gasteiger partial charge on any atom is 0.0434 e. The van der Waals surface area contributed by atoms with E-state index in [-0.39, 0.29) is 0 Å². The second-order valence-corrected chi connectivity index (χ2v) is 5.50. The van der Waals surface area contributed by atoms with Crippen LogP contribution < -0.4 is 0 Å². The highest BCUT2D eigenvalue weighted by molar-refractivity contribution is 7.26. The van der Waals surface area contributed by atoms with Gasteiger partial charge in [-0.3, -0.25) is 4.98 Å². The summed E-state index contributed by atoms with van der Waals surface area (Å²) in [6.45, 7) is 0. The zero-order valence-electron chi connectivity index (χ0n) is 10.1. The van der Waals surface area contributed by atoms with E-state index in [1.807, 2.05) is 35.9 Å². The van der Waals surface area contributed by atoms with E-state index in [9.17, 15) is 0 Å². The summed E-state index contributed by atoms with van der Waals surface area (Å²) in [6.07, 6.45) is 3.73. The van der Waals surface area contributed by atoms with Gasteiger partial charge in [-0.1, -0.05) is 30.3 Å². The highest BCUT2D eigenvalue weighted by atomic mass is 32.1. The number of thiophene rings is 1. The van der Waals surface area contributed by atoms with Gasteiger partial charge in [0.05, 0.1) is 0 Å². The van der Waals surface area contributed by atoms with Gasteiger partial charge in [-0.2, -0.15) is 0 Å². The lowest BCUT2D eigenvalue weighted by Gasteiger charge is -2.02. The van der Waals surface area contributed by atoms with Crippen molar-refractivity contribution in [1.29, 1.82) is 0 Å². The average molecular weight is 260 g/mol. The Morgan fingerprint density at radius 3 is 2.89 bits per heavy atom. The molecule has 89 valence electrons. The van der Waals surface area contributed by atoms with Crippen molar-refractivity contribution in [2.45, 2.75) is 0 Å². The third-order valence-corrected chi connectivity index (χ3v) is 4.53. The molecular formula is C17H10NS. The van der Waals surface area contributed by atoms with Gasteiger partial charge in [0.25, 0.3) is 0 Å². The molecule has 19 heavy (non-hydrogen) atoms. The zero-order chi connectivity index (χ0) is 12.7. The molecule has 2 aromatic carbocycles. The van der Waals surface area contributed by atoms with Crippen LogP contribution in [0, 0.1) is 6.07 Å². The van der Waals surface area contributed by atoms with Gasteiger partial charge in [0.1, 0.15) is 0 Å². The zero-order valence-corrected chi connectivity index (χ0v) is 10.9. The summed E-state index contributed by atoms with van der Waals surface area (Å²) in [6, 6.07) is 19.9. The monoisotopic (exact) mass is 260 g/mol. The van der Waals surface area contributed by atoms with Crippen LogP contribution in [-0.4, -0.2) is 4.98 Å². The van der Waals surface area contributed by atoms with Crippen molar-refractivity contribution < 1.29 is 0 Å². The fraction of sp³-hybridized carbons (Fsp3) is 0. The molecule has 1 nitrogen and oxygen atoms in total. The molecule has 0 saturated heterocycles. The number of fused-ring (bicyclic) bond motifs is 3. The lowest BCUT2D eigenvalue weighted by Crippen LogP contribution is -1.78. The largest absolute Gasteiger partial charge is 0.264 e. The standard InChI is InChI=1S/C17H10NS/c1-2-9-16-14(6-1)15-8-3-7-13(17(15)19-16)12-5-4-10-18-11-12/h2-11H. The van der Waals surface area contributed by atoms with E-state index in [2.05, 4.69) is 47.4 Å². The first-order valence-electron chi connectivity index (χ1n) is 6.15. The van der Waals surface area contributed by atoms with Crippen molar-refractivity contribution in [1.82, 2.24) is 4.98 Å². The molecule has 2 heterocycles. The van der Waals surface area contributed by atoms with Crippen LogP contribution in [0.1, 0.15) is 0 Å². The summed E-state index contributed by atoms with van der Waals surface area (Å²) < 4.78 is 2.63. The Morgan fingerprint density at radius 2 is 2.00 bits per heavy atom. The minimum Gasteiger partial charge on any atom is -0.264 e. The van der Waals surface area contributed by atoms with Crippen LogP contribution in [0.3, 0.4) is 0 Å². The molecule has 0 aliphatic carbocycles. The Morgan fingerprint density at radius 1 is 1.00 bits per heavy atom. The van der Waals surface area contributed by atoms with Crippen LogP contribution in [0.5, 0.6) is 0 Å². The number of benzene rings is 2. The fourth-order valence-corrected chi connectivity index (χ4v) is 3.65. The highest BCUT2D eigenvalue weighted by Gasteiger charge is 2.09. The molecule has 0 fully saturated rings. The van der Waals surface area contributed by atoms with Crippen LogP contribution in [0.4, 0.5) is 0 Å².